The van der Waals surface area contributed by atoms with E-state index >= 15 is 0 Å². The second kappa shape index (κ2) is 8.22. The maximum atomic E-state index is 13.3. The van der Waals surface area contributed by atoms with Gasteiger partial charge in [-0.3, -0.25) is 9.59 Å². The van der Waals surface area contributed by atoms with Crippen LogP contribution in [0.25, 0.3) is 0 Å². The third-order valence-electron chi connectivity index (χ3n) is 3.81. The highest BCUT2D eigenvalue weighted by Crippen LogP contribution is 2.09. The summed E-state index contributed by atoms with van der Waals surface area (Å²) in [6.45, 7) is 2.07. The Labute approximate surface area is 154 Å². The van der Waals surface area contributed by atoms with Crippen LogP contribution in [0.15, 0.2) is 53.4 Å². The molecule has 138 valence electrons. The molecule has 3 aromatic rings. The molecule has 1 aromatic carbocycles. The lowest BCUT2D eigenvalue weighted by Gasteiger charge is -2.07. The van der Waals surface area contributed by atoms with E-state index in [0.717, 1.165) is 11.9 Å². The Balaban J connectivity index is 1.60. The monoisotopic (exact) mass is 368 g/mol. The zero-order valence-corrected chi connectivity index (χ0v) is 14.5. The fraction of sp³-hybridized carbons (Fsp3) is 0.158. The van der Waals surface area contributed by atoms with Crippen molar-refractivity contribution in [2.75, 3.05) is 0 Å². The molecule has 8 heteroatoms. The summed E-state index contributed by atoms with van der Waals surface area (Å²) in [6.07, 6.45) is 2.66. The van der Waals surface area contributed by atoms with Crippen molar-refractivity contribution in [1.29, 1.82) is 0 Å². The highest BCUT2D eigenvalue weighted by molar-refractivity contribution is 5.97. The Bertz CT molecular complexity index is 957. The van der Waals surface area contributed by atoms with Gasteiger partial charge >= 0.3 is 0 Å². The van der Waals surface area contributed by atoms with E-state index in [2.05, 4.69) is 20.6 Å². The van der Waals surface area contributed by atoms with Crippen molar-refractivity contribution in [2.45, 2.75) is 20.0 Å². The second-order valence-electron chi connectivity index (χ2n) is 5.82. The number of aromatic nitrogens is 2. The number of hydrogen-bond donors (Lipinski definition) is 2. The van der Waals surface area contributed by atoms with Gasteiger partial charge in [0.2, 0.25) is 0 Å². The van der Waals surface area contributed by atoms with Crippen molar-refractivity contribution < 1.29 is 18.4 Å². The molecule has 0 aliphatic carbocycles. The van der Waals surface area contributed by atoms with Gasteiger partial charge < -0.3 is 15.1 Å². The smallest absolute Gasteiger partial charge is 0.270 e. The molecule has 2 aromatic heterocycles. The minimum Gasteiger partial charge on any atom is -0.467 e. The van der Waals surface area contributed by atoms with Gasteiger partial charge in [0.25, 0.3) is 11.8 Å². The fourth-order valence-electron chi connectivity index (χ4n) is 2.37. The number of rotatable bonds is 6. The molecular weight excluding hydrogens is 351 g/mol. The zero-order valence-electron chi connectivity index (χ0n) is 14.5. The highest BCUT2D eigenvalue weighted by atomic mass is 19.1. The molecule has 0 aliphatic heterocycles. The van der Waals surface area contributed by atoms with Crippen LogP contribution in [0.5, 0.6) is 0 Å². The van der Waals surface area contributed by atoms with Crippen molar-refractivity contribution in [3.63, 3.8) is 0 Å². The lowest BCUT2D eigenvalue weighted by Crippen LogP contribution is -2.27. The lowest BCUT2D eigenvalue weighted by atomic mass is 10.1. The minimum atomic E-state index is -0.459. The topological polar surface area (TPSA) is 97.1 Å². The second-order valence-corrected chi connectivity index (χ2v) is 5.82. The molecule has 0 atom stereocenters. The van der Waals surface area contributed by atoms with Gasteiger partial charge in [0, 0.05) is 12.6 Å². The van der Waals surface area contributed by atoms with E-state index in [1.165, 1.54) is 18.4 Å². The molecule has 2 heterocycles. The maximum Gasteiger partial charge on any atom is 0.270 e. The van der Waals surface area contributed by atoms with Gasteiger partial charge in [-0.25, -0.2) is 14.4 Å². The van der Waals surface area contributed by atoms with Crippen LogP contribution in [0.1, 0.15) is 37.9 Å². The average molecular weight is 368 g/mol. The average Bonchev–Trinajstić information content (AvgIpc) is 3.20. The molecule has 7 nitrogen and oxygen atoms in total. The van der Waals surface area contributed by atoms with Gasteiger partial charge in [-0.05, 0) is 36.2 Å². The Kier molecular flexibility index (Phi) is 5.55. The summed E-state index contributed by atoms with van der Waals surface area (Å²) in [6, 6.07) is 9.36. The summed E-state index contributed by atoms with van der Waals surface area (Å²) in [5.41, 5.74) is 1.39. The van der Waals surface area contributed by atoms with Crippen LogP contribution in [0.4, 0.5) is 4.39 Å². The number of furan rings is 1. The molecule has 2 amide bonds. The van der Waals surface area contributed by atoms with E-state index < -0.39 is 11.8 Å². The van der Waals surface area contributed by atoms with Crippen LogP contribution < -0.4 is 10.6 Å². The molecule has 0 fully saturated rings. The quantitative estimate of drug-likeness (QED) is 0.696. The number of carbonyl (C=O) groups is 2. The standard InChI is InChI=1S/C19H17FN4O3/c1-12-7-13(4-5-15(12)20)9-21-18(25)16-8-17(24-11-23-16)19(26)22-10-14-3-2-6-27-14/h2-8,11H,9-10H2,1H3,(H,21,25)(H,22,26). The van der Waals surface area contributed by atoms with Gasteiger partial charge in [0.1, 0.15) is 29.3 Å². The predicted octanol–water partition coefficient (Wildman–Crippen LogP) is 2.38. The Morgan fingerprint density at radius 2 is 1.74 bits per heavy atom. The third kappa shape index (κ3) is 4.75. The summed E-state index contributed by atoms with van der Waals surface area (Å²) < 4.78 is 18.4. The summed E-state index contributed by atoms with van der Waals surface area (Å²) in [4.78, 5) is 32.2. The summed E-state index contributed by atoms with van der Waals surface area (Å²) >= 11 is 0. The van der Waals surface area contributed by atoms with Crippen LogP contribution >= 0.6 is 0 Å². The first-order valence-electron chi connectivity index (χ1n) is 8.19. The van der Waals surface area contributed by atoms with Gasteiger partial charge in [0.15, 0.2) is 0 Å². The molecule has 3 rings (SSSR count). The van der Waals surface area contributed by atoms with E-state index in [4.69, 9.17) is 4.42 Å². The molecular formula is C19H17FN4O3. The molecule has 0 unspecified atom stereocenters. The number of nitrogens with zero attached hydrogens (tertiary/aromatic N) is 2. The lowest BCUT2D eigenvalue weighted by molar-refractivity contribution is 0.0942. The molecule has 0 saturated heterocycles. The molecule has 2 N–H and O–H groups in total. The summed E-state index contributed by atoms with van der Waals surface area (Å²) in [7, 11) is 0. The number of carbonyl (C=O) groups excluding carboxylic acids is 2. The molecule has 0 saturated carbocycles. The minimum absolute atomic E-state index is 0.0620. The summed E-state index contributed by atoms with van der Waals surface area (Å²) in [5.74, 6) is -0.604. The van der Waals surface area contributed by atoms with Crippen molar-refractivity contribution in [2.24, 2.45) is 0 Å². The predicted molar refractivity (Wildman–Crippen MR) is 94.2 cm³/mol. The van der Waals surface area contributed by atoms with Crippen molar-refractivity contribution in [3.8, 4) is 0 Å². The zero-order chi connectivity index (χ0) is 19.2. The number of benzene rings is 1. The largest absolute Gasteiger partial charge is 0.467 e. The van der Waals surface area contributed by atoms with Crippen LogP contribution in [0, 0.1) is 12.7 Å². The Hall–Kier alpha value is -3.55. The van der Waals surface area contributed by atoms with E-state index in [9.17, 15) is 14.0 Å². The third-order valence-corrected chi connectivity index (χ3v) is 3.81. The van der Waals surface area contributed by atoms with Crippen molar-refractivity contribution in [3.05, 3.63) is 83.1 Å². The first-order valence-corrected chi connectivity index (χ1v) is 8.19. The van der Waals surface area contributed by atoms with Gasteiger partial charge in [-0.2, -0.15) is 0 Å². The molecule has 0 bridgehead atoms. The maximum absolute atomic E-state index is 13.3. The molecule has 0 aliphatic rings. The molecule has 0 spiro atoms. The van der Waals surface area contributed by atoms with E-state index in [-0.39, 0.29) is 30.3 Å². The van der Waals surface area contributed by atoms with E-state index in [1.807, 2.05) is 0 Å². The van der Waals surface area contributed by atoms with Gasteiger partial charge in [-0.1, -0.05) is 12.1 Å². The number of aryl methyl sites for hydroxylation is 1. The van der Waals surface area contributed by atoms with Crippen LogP contribution in [0.3, 0.4) is 0 Å². The number of hydrogen-bond acceptors (Lipinski definition) is 5. The molecule has 0 radical (unpaired) electrons. The molecule has 27 heavy (non-hydrogen) atoms. The Morgan fingerprint density at radius 1 is 1.04 bits per heavy atom. The number of nitrogens with one attached hydrogen (secondary N) is 2. The van der Waals surface area contributed by atoms with Gasteiger partial charge in [-0.15, -0.1) is 0 Å². The first-order chi connectivity index (χ1) is 13.0. The van der Waals surface area contributed by atoms with Crippen LogP contribution in [0.2, 0.25) is 0 Å². The first kappa shape index (κ1) is 18.2. The summed E-state index contributed by atoms with van der Waals surface area (Å²) in [5, 5.41) is 5.33. The number of halogens is 1. The SMILES string of the molecule is Cc1cc(CNC(=O)c2cc(C(=O)NCc3ccco3)ncn2)ccc1F. The highest BCUT2D eigenvalue weighted by Gasteiger charge is 2.13. The number of amides is 2. The van der Waals surface area contributed by atoms with Crippen molar-refractivity contribution in [1.82, 2.24) is 20.6 Å². The van der Waals surface area contributed by atoms with E-state index in [1.54, 1.807) is 31.2 Å². The van der Waals surface area contributed by atoms with E-state index in [0.29, 0.717) is 11.3 Å². The van der Waals surface area contributed by atoms with Gasteiger partial charge in [0.05, 0.1) is 12.8 Å². The fourth-order valence-corrected chi connectivity index (χ4v) is 2.37. The van der Waals surface area contributed by atoms with Crippen LogP contribution in [-0.4, -0.2) is 21.8 Å². The van der Waals surface area contributed by atoms with Crippen LogP contribution in [-0.2, 0) is 13.1 Å². The Morgan fingerprint density at radius 3 is 2.37 bits per heavy atom. The van der Waals surface area contributed by atoms with Crippen molar-refractivity contribution >= 4 is 11.8 Å². The normalized spacial score (nSPS) is 10.4.